The number of unbranched alkanes of at least 4 members (excludes halogenated alkanes) is 1. The maximum atomic E-state index is 5.46. The van der Waals surface area contributed by atoms with E-state index in [9.17, 15) is 0 Å². The monoisotopic (exact) mass is 251 g/mol. The number of hydrogen-bond donors (Lipinski definition) is 2. The largest absolute Gasteiger partial charge is 0.385 e. The molecule has 0 spiro atoms. The van der Waals surface area contributed by atoms with E-state index in [1.54, 1.807) is 0 Å². The van der Waals surface area contributed by atoms with Crippen molar-refractivity contribution in [3.05, 3.63) is 36.7 Å². The number of rotatable bonds is 5. The lowest BCUT2D eigenvalue weighted by molar-refractivity contribution is 0.774. The predicted molar refractivity (Wildman–Crippen MR) is 75.8 cm³/mol. The Morgan fingerprint density at radius 1 is 1.18 bits per heavy atom. The van der Waals surface area contributed by atoms with Gasteiger partial charge < -0.3 is 11.1 Å². The van der Waals surface area contributed by atoms with Crippen molar-refractivity contribution in [3.8, 4) is 0 Å². The third-order valence-electron chi connectivity index (χ3n) is 2.63. The minimum absolute atomic E-state index is 0. The zero-order chi connectivity index (χ0) is 11.2. The van der Waals surface area contributed by atoms with Crippen LogP contribution in [0.4, 0.5) is 5.69 Å². The molecule has 0 aliphatic rings. The van der Waals surface area contributed by atoms with Gasteiger partial charge in [0.1, 0.15) is 0 Å². The van der Waals surface area contributed by atoms with E-state index < -0.39 is 0 Å². The highest BCUT2D eigenvalue weighted by molar-refractivity contribution is 5.93. The van der Waals surface area contributed by atoms with E-state index in [0.29, 0.717) is 0 Å². The van der Waals surface area contributed by atoms with E-state index in [0.717, 1.165) is 25.9 Å². The van der Waals surface area contributed by atoms with Crippen LogP contribution in [0.1, 0.15) is 12.8 Å². The molecule has 3 N–H and O–H groups in total. The Hall–Kier alpha value is -1.32. The molecule has 0 saturated heterocycles. The van der Waals surface area contributed by atoms with E-state index in [-0.39, 0.29) is 12.4 Å². The van der Waals surface area contributed by atoms with Crippen LogP contribution in [-0.2, 0) is 0 Å². The zero-order valence-electron chi connectivity index (χ0n) is 9.73. The van der Waals surface area contributed by atoms with Gasteiger partial charge in [-0.25, -0.2) is 0 Å². The van der Waals surface area contributed by atoms with Crippen LogP contribution < -0.4 is 11.1 Å². The van der Waals surface area contributed by atoms with Gasteiger partial charge in [0.25, 0.3) is 0 Å². The summed E-state index contributed by atoms with van der Waals surface area (Å²) in [5.41, 5.74) is 6.64. The molecule has 1 heterocycles. The Kier molecular flexibility index (Phi) is 5.73. The van der Waals surface area contributed by atoms with Crippen molar-refractivity contribution >= 4 is 28.9 Å². The summed E-state index contributed by atoms with van der Waals surface area (Å²) in [6, 6.07) is 8.27. The number of anilines is 1. The van der Waals surface area contributed by atoms with Gasteiger partial charge in [-0.3, -0.25) is 4.98 Å². The van der Waals surface area contributed by atoms with E-state index in [1.165, 1.54) is 16.5 Å². The zero-order valence-corrected chi connectivity index (χ0v) is 10.5. The van der Waals surface area contributed by atoms with Crippen molar-refractivity contribution < 1.29 is 0 Å². The third kappa shape index (κ3) is 3.58. The number of hydrogen-bond acceptors (Lipinski definition) is 3. The Balaban J connectivity index is 0.00000144. The molecule has 2 rings (SSSR count). The van der Waals surface area contributed by atoms with Crippen LogP contribution in [0.2, 0.25) is 0 Å². The summed E-state index contributed by atoms with van der Waals surface area (Å²) in [5.74, 6) is 0. The quantitative estimate of drug-likeness (QED) is 0.804. The van der Waals surface area contributed by atoms with Gasteiger partial charge in [0.2, 0.25) is 0 Å². The fourth-order valence-corrected chi connectivity index (χ4v) is 1.77. The molecule has 0 fully saturated rings. The number of nitrogens with zero attached hydrogens (tertiary/aromatic N) is 1. The molecular formula is C13H18ClN3. The van der Waals surface area contributed by atoms with Gasteiger partial charge in [0.15, 0.2) is 0 Å². The molecule has 2 aromatic rings. The number of fused-ring (bicyclic) bond motifs is 1. The van der Waals surface area contributed by atoms with Gasteiger partial charge in [-0.15, -0.1) is 12.4 Å². The minimum Gasteiger partial charge on any atom is -0.385 e. The van der Waals surface area contributed by atoms with E-state index in [2.05, 4.69) is 28.5 Å². The molecule has 0 amide bonds. The number of aromatic nitrogens is 1. The van der Waals surface area contributed by atoms with E-state index in [4.69, 9.17) is 5.73 Å². The standard InChI is InChI=1S/C13H17N3.ClH/c14-7-1-2-8-16-13-5-3-4-11-10-15-9-6-12(11)13;/h3-6,9-10,16H,1-2,7-8,14H2;1H. The molecule has 92 valence electrons. The normalized spacial score (nSPS) is 9.94. The highest BCUT2D eigenvalue weighted by atomic mass is 35.5. The van der Waals surface area contributed by atoms with Crippen molar-refractivity contribution in [2.45, 2.75) is 12.8 Å². The van der Waals surface area contributed by atoms with Crippen molar-refractivity contribution in [2.75, 3.05) is 18.4 Å². The number of nitrogens with one attached hydrogen (secondary N) is 1. The second-order valence-corrected chi connectivity index (χ2v) is 3.82. The first kappa shape index (κ1) is 13.7. The fraction of sp³-hybridized carbons (Fsp3) is 0.308. The molecule has 3 nitrogen and oxygen atoms in total. The summed E-state index contributed by atoms with van der Waals surface area (Å²) in [7, 11) is 0. The molecule has 1 aromatic carbocycles. The van der Waals surface area contributed by atoms with Gasteiger partial charge in [0.05, 0.1) is 0 Å². The first-order valence-electron chi connectivity index (χ1n) is 5.68. The summed E-state index contributed by atoms with van der Waals surface area (Å²) in [5, 5.41) is 5.84. The molecule has 4 heteroatoms. The number of halogens is 1. The van der Waals surface area contributed by atoms with Gasteiger partial charge in [-0.2, -0.15) is 0 Å². The average molecular weight is 252 g/mol. The highest BCUT2D eigenvalue weighted by Gasteiger charge is 1.98. The summed E-state index contributed by atoms with van der Waals surface area (Å²) < 4.78 is 0. The summed E-state index contributed by atoms with van der Waals surface area (Å²) >= 11 is 0. The maximum Gasteiger partial charge on any atom is 0.0420 e. The number of pyridine rings is 1. The molecule has 0 atom stereocenters. The molecule has 0 saturated carbocycles. The van der Waals surface area contributed by atoms with Crippen LogP contribution in [0.15, 0.2) is 36.7 Å². The summed E-state index contributed by atoms with van der Waals surface area (Å²) in [4.78, 5) is 4.12. The molecule has 0 unspecified atom stereocenters. The second-order valence-electron chi connectivity index (χ2n) is 3.82. The van der Waals surface area contributed by atoms with Gasteiger partial charge in [-0.1, -0.05) is 12.1 Å². The van der Waals surface area contributed by atoms with Gasteiger partial charge in [-0.05, 0) is 31.5 Å². The smallest absolute Gasteiger partial charge is 0.0420 e. The Morgan fingerprint density at radius 3 is 2.88 bits per heavy atom. The van der Waals surface area contributed by atoms with Crippen LogP contribution in [0.25, 0.3) is 10.8 Å². The predicted octanol–water partition coefficient (Wildman–Crippen LogP) is 2.81. The molecule has 0 bridgehead atoms. The first-order chi connectivity index (χ1) is 7.92. The van der Waals surface area contributed by atoms with Crippen LogP contribution in [-0.4, -0.2) is 18.1 Å². The molecule has 1 aromatic heterocycles. The first-order valence-corrected chi connectivity index (χ1v) is 5.68. The topological polar surface area (TPSA) is 50.9 Å². The van der Waals surface area contributed by atoms with Gasteiger partial charge >= 0.3 is 0 Å². The molecule has 0 radical (unpaired) electrons. The Bertz CT molecular complexity index is 454. The highest BCUT2D eigenvalue weighted by Crippen LogP contribution is 2.21. The van der Waals surface area contributed by atoms with Crippen molar-refractivity contribution in [3.63, 3.8) is 0 Å². The summed E-state index contributed by atoms with van der Waals surface area (Å²) in [6.07, 6.45) is 5.89. The average Bonchev–Trinajstić information content (AvgIpc) is 2.35. The lowest BCUT2D eigenvalue weighted by Gasteiger charge is -2.08. The van der Waals surface area contributed by atoms with Crippen molar-refractivity contribution in [1.29, 1.82) is 0 Å². The second kappa shape index (κ2) is 7.09. The lowest BCUT2D eigenvalue weighted by Crippen LogP contribution is -2.05. The van der Waals surface area contributed by atoms with E-state index >= 15 is 0 Å². The molecule has 0 aliphatic carbocycles. The van der Waals surface area contributed by atoms with Crippen LogP contribution in [0, 0.1) is 0 Å². The molecular weight excluding hydrogens is 234 g/mol. The minimum atomic E-state index is 0. The van der Waals surface area contributed by atoms with Crippen LogP contribution in [0.5, 0.6) is 0 Å². The van der Waals surface area contributed by atoms with Crippen LogP contribution >= 0.6 is 12.4 Å². The summed E-state index contributed by atoms with van der Waals surface area (Å²) in [6.45, 7) is 1.74. The van der Waals surface area contributed by atoms with Crippen molar-refractivity contribution in [2.24, 2.45) is 5.73 Å². The third-order valence-corrected chi connectivity index (χ3v) is 2.63. The van der Waals surface area contributed by atoms with Gasteiger partial charge in [0, 0.05) is 35.4 Å². The maximum absolute atomic E-state index is 5.46. The van der Waals surface area contributed by atoms with Crippen molar-refractivity contribution in [1.82, 2.24) is 4.98 Å². The number of nitrogens with two attached hydrogens (primary N) is 1. The molecule has 0 aliphatic heterocycles. The SMILES string of the molecule is Cl.NCCCCNc1cccc2cnccc12. The fourth-order valence-electron chi connectivity index (χ4n) is 1.77. The number of benzene rings is 1. The van der Waals surface area contributed by atoms with Crippen LogP contribution in [0.3, 0.4) is 0 Å². The Labute approximate surface area is 108 Å². The Morgan fingerprint density at radius 2 is 2.06 bits per heavy atom. The van der Waals surface area contributed by atoms with E-state index in [1.807, 2.05) is 18.5 Å². The molecule has 17 heavy (non-hydrogen) atoms. The lowest BCUT2D eigenvalue weighted by atomic mass is 10.1.